The predicted octanol–water partition coefficient (Wildman–Crippen LogP) is 3.90. The van der Waals surface area contributed by atoms with Crippen LogP contribution in [0.1, 0.15) is 28.4 Å². The van der Waals surface area contributed by atoms with Crippen molar-refractivity contribution < 1.29 is 9.59 Å². The van der Waals surface area contributed by atoms with Crippen molar-refractivity contribution >= 4 is 17.5 Å². The standard InChI is InChI=1S/C26H27N3O2/c30-25(29-18-16-28(17-19-29)23-14-8-3-9-15-23)20-24(21-10-4-1-5-11-21)27-26(31)22-12-6-2-7-13-22/h1-15,24H,16-20H2,(H,27,31)/t24-/m0/s1. The van der Waals surface area contributed by atoms with Crippen molar-refractivity contribution in [2.45, 2.75) is 12.5 Å². The molecule has 2 amide bonds. The summed E-state index contributed by atoms with van der Waals surface area (Å²) >= 11 is 0. The third-order valence-electron chi connectivity index (χ3n) is 5.68. The average Bonchev–Trinajstić information content (AvgIpc) is 2.85. The molecule has 1 fully saturated rings. The Hall–Kier alpha value is -3.60. The van der Waals surface area contributed by atoms with Gasteiger partial charge in [-0.3, -0.25) is 9.59 Å². The van der Waals surface area contributed by atoms with Crippen molar-refractivity contribution in [3.8, 4) is 0 Å². The number of nitrogens with zero attached hydrogens (tertiary/aromatic N) is 2. The van der Waals surface area contributed by atoms with Crippen LogP contribution in [-0.2, 0) is 4.79 Å². The van der Waals surface area contributed by atoms with E-state index in [0.29, 0.717) is 18.7 Å². The fourth-order valence-corrected chi connectivity index (χ4v) is 3.93. The Labute approximate surface area is 183 Å². The lowest BCUT2D eigenvalue weighted by atomic mass is 10.0. The summed E-state index contributed by atoms with van der Waals surface area (Å²) in [5.41, 5.74) is 2.71. The number of amides is 2. The molecule has 158 valence electrons. The minimum absolute atomic E-state index is 0.0647. The molecule has 0 saturated carbocycles. The maximum absolute atomic E-state index is 13.1. The zero-order valence-corrected chi connectivity index (χ0v) is 17.5. The molecule has 4 rings (SSSR count). The van der Waals surface area contributed by atoms with Gasteiger partial charge in [-0.05, 0) is 29.8 Å². The minimum Gasteiger partial charge on any atom is -0.368 e. The highest BCUT2D eigenvalue weighted by atomic mass is 16.2. The number of benzene rings is 3. The first kappa shape index (κ1) is 20.7. The second-order valence-corrected chi connectivity index (χ2v) is 7.71. The van der Waals surface area contributed by atoms with E-state index in [0.717, 1.165) is 18.7 Å². The van der Waals surface area contributed by atoms with Crippen LogP contribution < -0.4 is 10.2 Å². The quantitative estimate of drug-likeness (QED) is 0.667. The van der Waals surface area contributed by atoms with E-state index in [1.54, 1.807) is 12.1 Å². The van der Waals surface area contributed by atoms with E-state index < -0.39 is 0 Å². The second kappa shape index (κ2) is 9.94. The second-order valence-electron chi connectivity index (χ2n) is 7.71. The molecule has 0 radical (unpaired) electrons. The van der Waals surface area contributed by atoms with Gasteiger partial charge in [-0.2, -0.15) is 0 Å². The summed E-state index contributed by atoms with van der Waals surface area (Å²) in [5, 5.41) is 3.06. The Kier molecular flexibility index (Phi) is 6.62. The van der Waals surface area contributed by atoms with Gasteiger partial charge in [0.25, 0.3) is 5.91 Å². The summed E-state index contributed by atoms with van der Waals surface area (Å²) in [4.78, 5) is 30.1. The van der Waals surface area contributed by atoms with Crippen LogP contribution in [0.15, 0.2) is 91.0 Å². The Morgan fingerprint density at radius 1 is 0.742 bits per heavy atom. The molecular formula is C26H27N3O2. The van der Waals surface area contributed by atoms with Crippen LogP contribution in [0.5, 0.6) is 0 Å². The lowest BCUT2D eigenvalue weighted by Gasteiger charge is -2.36. The molecule has 1 N–H and O–H groups in total. The number of carbonyl (C=O) groups excluding carboxylic acids is 2. The van der Waals surface area contributed by atoms with Crippen molar-refractivity contribution in [3.05, 3.63) is 102 Å². The number of nitrogens with one attached hydrogen (secondary N) is 1. The molecular weight excluding hydrogens is 386 g/mol. The van der Waals surface area contributed by atoms with Crippen LogP contribution in [0.2, 0.25) is 0 Å². The molecule has 0 bridgehead atoms. The maximum Gasteiger partial charge on any atom is 0.251 e. The molecule has 1 atom stereocenters. The zero-order valence-electron chi connectivity index (χ0n) is 17.5. The van der Waals surface area contributed by atoms with Gasteiger partial charge < -0.3 is 15.1 Å². The molecule has 1 aliphatic rings. The lowest BCUT2D eigenvalue weighted by Crippen LogP contribution is -2.49. The number of carbonyl (C=O) groups is 2. The molecule has 0 aliphatic carbocycles. The number of rotatable bonds is 6. The van der Waals surface area contributed by atoms with Crippen LogP contribution in [0.25, 0.3) is 0 Å². The first-order valence-corrected chi connectivity index (χ1v) is 10.7. The first-order valence-electron chi connectivity index (χ1n) is 10.7. The lowest BCUT2D eigenvalue weighted by molar-refractivity contribution is -0.132. The Morgan fingerprint density at radius 3 is 1.90 bits per heavy atom. The summed E-state index contributed by atoms with van der Waals surface area (Å²) < 4.78 is 0. The number of piperazine rings is 1. The molecule has 3 aromatic rings. The fourth-order valence-electron chi connectivity index (χ4n) is 3.93. The Bertz CT molecular complexity index is 985. The number of anilines is 1. The molecule has 3 aromatic carbocycles. The van der Waals surface area contributed by atoms with Gasteiger partial charge in [0, 0.05) is 37.4 Å². The Morgan fingerprint density at radius 2 is 1.29 bits per heavy atom. The van der Waals surface area contributed by atoms with Crippen LogP contribution in [0, 0.1) is 0 Å². The largest absolute Gasteiger partial charge is 0.368 e. The molecule has 1 saturated heterocycles. The van der Waals surface area contributed by atoms with Crippen molar-refractivity contribution in [1.29, 1.82) is 0 Å². The highest BCUT2D eigenvalue weighted by Crippen LogP contribution is 2.21. The van der Waals surface area contributed by atoms with Gasteiger partial charge in [0.15, 0.2) is 0 Å². The van der Waals surface area contributed by atoms with E-state index in [2.05, 4.69) is 22.3 Å². The van der Waals surface area contributed by atoms with Crippen LogP contribution in [0.4, 0.5) is 5.69 Å². The monoisotopic (exact) mass is 413 g/mol. The van der Waals surface area contributed by atoms with Crippen molar-refractivity contribution in [2.24, 2.45) is 0 Å². The van der Waals surface area contributed by atoms with E-state index in [4.69, 9.17) is 0 Å². The SMILES string of the molecule is O=C(N[C@@H](CC(=O)N1CCN(c2ccccc2)CC1)c1ccccc1)c1ccccc1. The van der Waals surface area contributed by atoms with Crippen LogP contribution in [-0.4, -0.2) is 42.9 Å². The minimum atomic E-state index is -0.367. The predicted molar refractivity (Wildman–Crippen MR) is 123 cm³/mol. The van der Waals surface area contributed by atoms with E-state index >= 15 is 0 Å². The van der Waals surface area contributed by atoms with Crippen molar-refractivity contribution in [1.82, 2.24) is 10.2 Å². The van der Waals surface area contributed by atoms with Gasteiger partial charge in [0.1, 0.15) is 0 Å². The topological polar surface area (TPSA) is 52.7 Å². The summed E-state index contributed by atoms with van der Waals surface area (Å²) in [7, 11) is 0. The fraction of sp³-hybridized carbons (Fsp3) is 0.231. The van der Waals surface area contributed by atoms with Gasteiger partial charge in [-0.25, -0.2) is 0 Å². The summed E-state index contributed by atoms with van der Waals surface area (Å²) in [6.07, 6.45) is 0.244. The average molecular weight is 414 g/mol. The maximum atomic E-state index is 13.1. The highest BCUT2D eigenvalue weighted by molar-refractivity contribution is 5.94. The number of para-hydroxylation sites is 1. The number of hydrogen-bond acceptors (Lipinski definition) is 3. The van der Waals surface area contributed by atoms with E-state index in [9.17, 15) is 9.59 Å². The molecule has 5 heteroatoms. The van der Waals surface area contributed by atoms with Gasteiger partial charge in [-0.1, -0.05) is 66.7 Å². The van der Waals surface area contributed by atoms with Gasteiger partial charge in [0.2, 0.25) is 5.91 Å². The molecule has 5 nitrogen and oxygen atoms in total. The van der Waals surface area contributed by atoms with E-state index in [1.807, 2.05) is 71.6 Å². The first-order chi connectivity index (χ1) is 15.2. The third kappa shape index (κ3) is 5.31. The smallest absolute Gasteiger partial charge is 0.251 e. The van der Waals surface area contributed by atoms with E-state index in [1.165, 1.54) is 5.69 Å². The molecule has 0 unspecified atom stereocenters. The molecule has 1 aliphatic heterocycles. The Balaban J connectivity index is 1.41. The third-order valence-corrected chi connectivity index (χ3v) is 5.68. The van der Waals surface area contributed by atoms with Gasteiger partial charge in [-0.15, -0.1) is 0 Å². The molecule has 1 heterocycles. The number of hydrogen-bond donors (Lipinski definition) is 1. The van der Waals surface area contributed by atoms with Crippen molar-refractivity contribution in [2.75, 3.05) is 31.1 Å². The van der Waals surface area contributed by atoms with Crippen LogP contribution in [0.3, 0.4) is 0 Å². The summed E-state index contributed by atoms with van der Waals surface area (Å²) in [6, 6.07) is 28.7. The van der Waals surface area contributed by atoms with Crippen LogP contribution >= 0.6 is 0 Å². The van der Waals surface area contributed by atoms with Crippen molar-refractivity contribution in [3.63, 3.8) is 0 Å². The zero-order chi connectivity index (χ0) is 21.5. The van der Waals surface area contributed by atoms with Gasteiger partial charge >= 0.3 is 0 Å². The van der Waals surface area contributed by atoms with Gasteiger partial charge in [0.05, 0.1) is 12.5 Å². The molecule has 0 aromatic heterocycles. The highest BCUT2D eigenvalue weighted by Gasteiger charge is 2.25. The summed E-state index contributed by atoms with van der Waals surface area (Å²) in [5.74, 6) is -0.105. The molecule has 0 spiro atoms. The van der Waals surface area contributed by atoms with E-state index in [-0.39, 0.29) is 24.3 Å². The summed E-state index contributed by atoms with van der Waals surface area (Å²) in [6.45, 7) is 2.98. The normalized spacial score (nSPS) is 14.7. The molecule has 31 heavy (non-hydrogen) atoms.